The molecule has 0 aliphatic heterocycles. The molecule has 1 aromatic rings. The third kappa shape index (κ3) is 2.86. The minimum absolute atomic E-state index is 0.363. The molecule has 1 rings (SSSR count). The maximum Gasteiger partial charge on any atom is 0.298 e. The molecule has 15 heavy (non-hydrogen) atoms. The lowest BCUT2D eigenvalue weighted by Gasteiger charge is -2.12. The minimum atomic E-state index is 0.363. The van der Waals surface area contributed by atoms with Gasteiger partial charge in [0, 0.05) is 6.07 Å². The highest BCUT2D eigenvalue weighted by Gasteiger charge is 2.11. The summed E-state index contributed by atoms with van der Waals surface area (Å²) in [5.74, 6) is 1.51. The van der Waals surface area contributed by atoms with Crippen molar-refractivity contribution in [3.05, 3.63) is 16.6 Å². The van der Waals surface area contributed by atoms with Gasteiger partial charge < -0.3 is 14.2 Å². The molecule has 0 aliphatic rings. The van der Waals surface area contributed by atoms with Gasteiger partial charge >= 0.3 is 0 Å². The van der Waals surface area contributed by atoms with E-state index in [0.717, 1.165) is 0 Å². The van der Waals surface area contributed by atoms with Crippen molar-refractivity contribution in [2.45, 2.75) is 6.92 Å². The van der Waals surface area contributed by atoms with Crippen LogP contribution in [-0.4, -0.2) is 20.2 Å². The van der Waals surface area contributed by atoms with Crippen molar-refractivity contribution in [2.24, 2.45) is 0 Å². The van der Waals surface area contributed by atoms with E-state index in [1.165, 1.54) is 7.11 Å². The zero-order valence-electron chi connectivity index (χ0n) is 8.45. The average molecular weight is 275 g/mol. The molecular weight excluding hydrogens is 264 g/mol. The molecule has 0 aromatic heterocycles. The average Bonchev–Trinajstić information content (AvgIpc) is 2.22. The highest BCUT2D eigenvalue weighted by molar-refractivity contribution is 9.10. The summed E-state index contributed by atoms with van der Waals surface area (Å²) in [7, 11) is 1.52. The van der Waals surface area contributed by atoms with E-state index < -0.39 is 0 Å². The number of hydrogen-bond acceptors (Lipinski definition) is 4. The number of carbonyl (C=O) groups excluding carboxylic acids is 1. The van der Waals surface area contributed by atoms with Gasteiger partial charge in [-0.2, -0.15) is 0 Å². The molecule has 4 nitrogen and oxygen atoms in total. The lowest BCUT2D eigenvalue weighted by molar-refractivity contribution is -0.120. The van der Waals surface area contributed by atoms with Crippen molar-refractivity contribution in [3.8, 4) is 17.2 Å². The maximum atomic E-state index is 10.2. The maximum absolute atomic E-state index is 10.2. The fourth-order valence-electron chi connectivity index (χ4n) is 1.10. The second-order valence-corrected chi connectivity index (χ2v) is 3.44. The molecule has 82 valence electrons. The van der Waals surface area contributed by atoms with Gasteiger partial charge in [-0.1, -0.05) is 0 Å². The molecule has 5 heteroatoms. The van der Waals surface area contributed by atoms with Gasteiger partial charge in [0.15, 0.2) is 11.5 Å². The Hall–Kier alpha value is -1.23. The van der Waals surface area contributed by atoms with E-state index in [1.807, 2.05) is 6.92 Å². The first kappa shape index (κ1) is 11.8. The van der Waals surface area contributed by atoms with Crippen LogP contribution in [0.4, 0.5) is 0 Å². The van der Waals surface area contributed by atoms with E-state index in [2.05, 4.69) is 15.9 Å². The minimum Gasteiger partial charge on any atom is -0.493 e. The lowest BCUT2D eigenvalue weighted by atomic mass is 10.3. The van der Waals surface area contributed by atoms with Crippen molar-refractivity contribution in [1.29, 1.82) is 0 Å². The summed E-state index contributed by atoms with van der Waals surface area (Å²) in [6.07, 6.45) is 0. The Kier molecular flexibility index (Phi) is 4.42. The molecule has 0 unspecified atom stereocenters. The molecule has 0 atom stereocenters. The van der Waals surface area contributed by atoms with Crippen LogP contribution < -0.4 is 14.2 Å². The number of benzene rings is 1. The molecule has 0 aliphatic carbocycles. The summed E-state index contributed by atoms with van der Waals surface area (Å²) >= 11 is 3.31. The molecule has 0 spiro atoms. The number of ether oxygens (including phenoxy) is 3. The Morgan fingerprint density at radius 2 is 2.20 bits per heavy atom. The molecule has 0 radical (unpaired) electrons. The summed E-state index contributed by atoms with van der Waals surface area (Å²) in [4.78, 5) is 10.2. The van der Waals surface area contributed by atoms with E-state index in [4.69, 9.17) is 14.2 Å². The van der Waals surface area contributed by atoms with Crippen molar-refractivity contribution < 1.29 is 19.0 Å². The SMILES string of the molecule is CCOc1c(Br)cc(OC=O)cc1OC. The molecule has 0 N–H and O–H groups in total. The largest absolute Gasteiger partial charge is 0.493 e. The van der Waals surface area contributed by atoms with E-state index >= 15 is 0 Å². The molecule has 1 aromatic carbocycles. The van der Waals surface area contributed by atoms with Crippen LogP contribution in [0.5, 0.6) is 17.2 Å². The van der Waals surface area contributed by atoms with Gasteiger partial charge in [0.25, 0.3) is 6.47 Å². The molecule has 0 amide bonds. The first-order chi connectivity index (χ1) is 7.22. The molecule has 0 heterocycles. The summed E-state index contributed by atoms with van der Waals surface area (Å²) in [5.41, 5.74) is 0. The highest BCUT2D eigenvalue weighted by Crippen LogP contribution is 2.38. The van der Waals surface area contributed by atoms with Gasteiger partial charge in [0.1, 0.15) is 5.75 Å². The van der Waals surface area contributed by atoms with Crippen LogP contribution in [0, 0.1) is 0 Å². The summed E-state index contributed by atoms with van der Waals surface area (Å²) < 4.78 is 15.9. The quantitative estimate of drug-likeness (QED) is 0.774. The summed E-state index contributed by atoms with van der Waals surface area (Å²) in [6, 6.07) is 3.23. The predicted octanol–water partition coefficient (Wildman–Crippen LogP) is 2.39. The van der Waals surface area contributed by atoms with Crippen LogP contribution in [0.15, 0.2) is 16.6 Å². The third-order valence-electron chi connectivity index (χ3n) is 1.68. The van der Waals surface area contributed by atoms with Crippen LogP contribution in [0.1, 0.15) is 6.92 Å². The van der Waals surface area contributed by atoms with Crippen LogP contribution in [0.3, 0.4) is 0 Å². The topological polar surface area (TPSA) is 44.8 Å². The summed E-state index contributed by atoms with van der Waals surface area (Å²) in [5, 5.41) is 0. The predicted molar refractivity (Wildman–Crippen MR) is 58.6 cm³/mol. The first-order valence-corrected chi connectivity index (χ1v) is 5.12. The Balaban J connectivity index is 3.11. The zero-order valence-corrected chi connectivity index (χ0v) is 10.0. The highest BCUT2D eigenvalue weighted by atomic mass is 79.9. The van der Waals surface area contributed by atoms with Crippen molar-refractivity contribution in [3.63, 3.8) is 0 Å². The van der Waals surface area contributed by atoms with Crippen LogP contribution in [0.25, 0.3) is 0 Å². The number of carbonyl (C=O) groups is 1. The lowest BCUT2D eigenvalue weighted by Crippen LogP contribution is -1.97. The van der Waals surface area contributed by atoms with Gasteiger partial charge in [-0.15, -0.1) is 0 Å². The molecule has 0 bridgehead atoms. The second-order valence-electron chi connectivity index (χ2n) is 2.58. The Labute approximate surface area is 96.3 Å². The van der Waals surface area contributed by atoms with Gasteiger partial charge in [-0.25, -0.2) is 0 Å². The van der Waals surface area contributed by atoms with Gasteiger partial charge in [0.2, 0.25) is 0 Å². The van der Waals surface area contributed by atoms with Gasteiger partial charge in [-0.3, -0.25) is 4.79 Å². The van der Waals surface area contributed by atoms with E-state index in [-0.39, 0.29) is 0 Å². The standard InChI is InChI=1S/C10H11BrO4/c1-3-14-10-8(11)4-7(15-6-12)5-9(10)13-2/h4-6H,3H2,1-2H3. The monoisotopic (exact) mass is 274 g/mol. The van der Waals surface area contributed by atoms with Gasteiger partial charge in [-0.05, 0) is 28.9 Å². The Morgan fingerprint density at radius 3 is 2.73 bits per heavy atom. The third-order valence-corrected chi connectivity index (χ3v) is 2.26. The van der Waals surface area contributed by atoms with E-state index in [9.17, 15) is 4.79 Å². The van der Waals surface area contributed by atoms with E-state index in [1.54, 1.807) is 12.1 Å². The fourth-order valence-corrected chi connectivity index (χ4v) is 1.64. The number of hydrogen-bond donors (Lipinski definition) is 0. The normalized spacial score (nSPS) is 9.53. The molecule has 0 saturated heterocycles. The number of methoxy groups -OCH3 is 1. The van der Waals surface area contributed by atoms with E-state index in [0.29, 0.717) is 34.8 Å². The number of rotatable bonds is 5. The van der Waals surface area contributed by atoms with Gasteiger partial charge in [0.05, 0.1) is 18.2 Å². The first-order valence-electron chi connectivity index (χ1n) is 4.33. The number of halogens is 1. The Morgan fingerprint density at radius 1 is 1.47 bits per heavy atom. The second kappa shape index (κ2) is 5.60. The molecule has 0 saturated carbocycles. The molecule has 0 fully saturated rings. The molecular formula is C10H11BrO4. The van der Waals surface area contributed by atoms with Crippen molar-refractivity contribution in [2.75, 3.05) is 13.7 Å². The van der Waals surface area contributed by atoms with Crippen LogP contribution >= 0.6 is 15.9 Å². The van der Waals surface area contributed by atoms with Crippen LogP contribution in [-0.2, 0) is 4.79 Å². The fraction of sp³-hybridized carbons (Fsp3) is 0.300. The van der Waals surface area contributed by atoms with Crippen molar-refractivity contribution in [1.82, 2.24) is 0 Å². The summed E-state index contributed by atoms with van der Waals surface area (Å²) in [6.45, 7) is 2.77. The zero-order chi connectivity index (χ0) is 11.3. The van der Waals surface area contributed by atoms with Crippen molar-refractivity contribution >= 4 is 22.4 Å². The Bertz CT molecular complexity index is 352. The van der Waals surface area contributed by atoms with Crippen LogP contribution in [0.2, 0.25) is 0 Å². The smallest absolute Gasteiger partial charge is 0.298 e.